The predicted octanol–water partition coefficient (Wildman–Crippen LogP) is 2.91. The molecule has 0 spiro atoms. The van der Waals surface area contributed by atoms with Gasteiger partial charge in [0.2, 0.25) is 0 Å². The Morgan fingerprint density at radius 1 is 1.00 bits per heavy atom. The molecule has 1 atom stereocenters. The van der Waals surface area contributed by atoms with E-state index in [1.165, 1.54) is 49.8 Å². The molecule has 0 rings (SSSR count). The Balaban J connectivity index is 0. The fraction of sp³-hybridized carbons (Fsp3) is 1.00. The van der Waals surface area contributed by atoms with E-state index in [9.17, 15) is 0 Å². The normalized spacial score (nSPS) is 7.25. The Morgan fingerprint density at radius 2 is 1.25 bits per heavy atom. The third kappa shape index (κ3) is 15.7. The van der Waals surface area contributed by atoms with Gasteiger partial charge in [0, 0.05) is 0 Å². The quantitative estimate of drug-likeness (QED) is 0.496. The SMILES string of the molecule is CCCCCC.[PH2][Zr]. The van der Waals surface area contributed by atoms with Crippen LogP contribution in [0.1, 0.15) is 39.5 Å². The first-order chi connectivity index (χ1) is 3.91. The van der Waals surface area contributed by atoms with Crippen LogP contribution in [0.2, 0.25) is 0 Å². The molecule has 0 saturated heterocycles. The van der Waals surface area contributed by atoms with Crippen molar-refractivity contribution in [3.63, 3.8) is 0 Å². The Morgan fingerprint density at radius 3 is 1.38 bits per heavy atom. The standard InChI is InChI=1S/C6H14.H2P.Zr/c1-3-5-6-4-2;;/h3-6H2,1-2H3;1H2;/q;-1;+1. The van der Waals surface area contributed by atoms with E-state index < -0.39 is 0 Å². The van der Waals surface area contributed by atoms with Gasteiger partial charge in [0.25, 0.3) is 0 Å². The summed E-state index contributed by atoms with van der Waals surface area (Å²) in [6, 6.07) is 0. The second kappa shape index (κ2) is 15.7. The van der Waals surface area contributed by atoms with Crippen molar-refractivity contribution in [3.05, 3.63) is 0 Å². The fourth-order valence-electron chi connectivity index (χ4n) is 0.500. The van der Waals surface area contributed by atoms with Gasteiger partial charge >= 0.3 is 30.7 Å². The summed E-state index contributed by atoms with van der Waals surface area (Å²) in [5.74, 6) is 0. The average Bonchev–Trinajstić information content (AvgIpc) is 1.88. The van der Waals surface area contributed by atoms with Gasteiger partial charge in [-0.2, -0.15) is 0 Å². The Bertz CT molecular complexity index is 20.5. The van der Waals surface area contributed by atoms with Crippen LogP contribution in [0.25, 0.3) is 0 Å². The summed E-state index contributed by atoms with van der Waals surface area (Å²) >= 11 is 1.47. The summed E-state index contributed by atoms with van der Waals surface area (Å²) in [7, 11) is 0. The monoisotopic (exact) mass is 209 g/mol. The van der Waals surface area contributed by atoms with Gasteiger partial charge in [-0.05, 0) is 0 Å². The van der Waals surface area contributed by atoms with Crippen molar-refractivity contribution >= 4 is 6.53 Å². The summed E-state index contributed by atoms with van der Waals surface area (Å²) < 4.78 is 0. The van der Waals surface area contributed by atoms with E-state index in [4.69, 9.17) is 0 Å². The zero-order valence-corrected chi connectivity index (χ0v) is 9.52. The van der Waals surface area contributed by atoms with Crippen LogP contribution < -0.4 is 0 Å². The molecule has 0 aromatic heterocycles. The van der Waals surface area contributed by atoms with E-state index in [1.54, 1.807) is 0 Å². The van der Waals surface area contributed by atoms with Crippen LogP contribution in [0, 0.1) is 0 Å². The summed E-state index contributed by atoms with van der Waals surface area (Å²) in [5.41, 5.74) is 0. The van der Waals surface area contributed by atoms with E-state index in [1.807, 2.05) is 0 Å². The van der Waals surface area contributed by atoms with E-state index in [2.05, 4.69) is 20.4 Å². The van der Waals surface area contributed by atoms with Gasteiger partial charge in [-0.15, -0.1) is 0 Å². The van der Waals surface area contributed by atoms with Crippen LogP contribution >= 0.6 is 6.53 Å². The molecule has 49 valence electrons. The topological polar surface area (TPSA) is 0 Å². The molecule has 0 bridgehead atoms. The summed E-state index contributed by atoms with van der Waals surface area (Å²) in [6.07, 6.45) is 5.54. The molecule has 0 radical (unpaired) electrons. The van der Waals surface area contributed by atoms with Gasteiger partial charge in [-0.3, -0.25) is 0 Å². The fourth-order valence-corrected chi connectivity index (χ4v) is 0.500. The van der Waals surface area contributed by atoms with Crippen molar-refractivity contribution in [2.75, 3.05) is 0 Å². The van der Waals surface area contributed by atoms with Crippen LogP contribution in [-0.4, -0.2) is 0 Å². The molecule has 0 aromatic carbocycles. The molecule has 0 amide bonds. The maximum atomic E-state index is 2.51. The molecular weight excluding hydrogens is 194 g/mol. The summed E-state index contributed by atoms with van der Waals surface area (Å²) in [4.78, 5) is 0. The molecular formula is C6H16PZr. The predicted molar refractivity (Wildman–Crippen MR) is 39.5 cm³/mol. The van der Waals surface area contributed by atoms with E-state index in [0.717, 1.165) is 0 Å². The molecule has 2 heteroatoms. The number of unbranched alkanes of at least 4 members (excludes halogenated alkanes) is 3. The molecule has 1 unspecified atom stereocenters. The first-order valence-electron chi connectivity index (χ1n) is 3.20. The van der Waals surface area contributed by atoms with Crippen LogP contribution in [0.15, 0.2) is 0 Å². The maximum absolute atomic E-state index is 2.51. The molecule has 0 aliphatic rings. The zero-order valence-electron chi connectivity index (χ0n) is 5.91. The molecule has 0 nitrogen and oxygen atoms in total. The summed E-state index contributed by atoms with van der Waals surface area (Å²) in [6.45, 7) is 6.97. The van der Waals surface area contributed by atoms with Crippen molar-refractivity contribution in [3.8, 4) is 0 Å². The van der Waals surface area contributed by atoms with Gasteiger partial charge in [0.1, 0.15) is 0 Å². The van der Waals surface area contributed by atoms with Crippen molar-refractivity contribution in [1.82, 2.24) is 0 Å². The first kappa shape index (κ1) is 12.0. The minimum atomic E-state index is 1.36. The number of hydrogen-bond acceptors (Lipinski definition) is 0. The third-order valence-electron chi connectivity index (χ3n) is 0.957. The molecule has 8 heavy (non-hydrogen) atoms. The van der Waals surface area contributed by atoms with E-state index in [0.29, 0.717) is 0 Å². The first-order valence-corrected chi connectivity index (χ1v) is 8.04. The Labute approximate surface area is 70.1 Å². The van der Waals surface area contributed by atoms with Crippen molar-refractivity contribution in [1.29, 1.82) is 0 Å². The molecule has 0 N–H and O–H groups in total. The third-order valence-corrected chi connectivity index (χ3v) is 0.957. The van der Waals surface area contributed by atoms with Gasteiger partial charge in [-0.25, -0.2) is 0 Å². The molecule has 0 fully saturated rings. The van der Waals surface area contributed by atoms with Crippen LogP contribution in [0.5, 0.6) is 0 Å². The summed E-state index contributed by atoms with van der Waals surface area (Å²) in [5, 5.41) is 0. The molecule has 0 heterocycles. The van der Waals surface area contributed by atoms with Gasteiger partial charge in [0.05, 0.1) is 0 Å². The van der Waals surface area contributed by atoms with E-state index in [-0.39, 0.29) is 0 Å². The van der Waals surface area contributed by atoms with Crippen LogP contribution in [-0.2, 0) is 24.1 Å². The minimum absolute atomic E-state index is 1.36. The van der Waals surface area contributed by atoms with Crippen molar-refractivity contribution < 1.29 is 24.1 Å². The average molecular weight is 210 g/mol. The molecule has 0 aliphatic carbocycles. The molecule has 0 saturated carbocycles. The molecule has 0 aliphatic heterocycles. The second-order valence-electron chi connectivity index (χ2n) is 1.71. The second-order valence-corrected chi connectivity index (χ2v) is 1.71. The van der Waals surface area contributed by atoms with Gasteiger partial charge in [-0.1, -0.05) is 39.5 Å². The number of hydrogen-bond donors (Lipinski definition) is 0. The Hall–Kier alpha value is 1.31. The number of rotatable bonds is 3. The Kier molecular flexibility index (Phi) is 23.7. The van der Waals surface area contributed by atoms with Gasteiger partial charge in [0.15, 0.2) is 0 Å². The van der Waals surface area contributed by atoms with Crippen LogP contribution in [0.4, 0.5) is 0 Å². The zero-order chi connectivity index (χ0) is 6.83. The molecule has 0 aromatic rings. The van der Waals surface area contributed by atoms with Crippen molar-refractivity contribution in [2.45, 2.75) is 39.5 Å². The van der Waals surface area contributed by atoms with Crippen LogP contribution in [0.3, 0.4) is 0 Å². The van der Waals surface area contributed by atoms with Gasteiger partial charge < -0.3 is 0 Å². The van der Waals surface area contributed by atoms with E-state index >= 15 is 0 Å². The van der Waals surface area contributed by atoms with Crippen molar-refractivity contribution in [2.24, 2.45) is 0 Å².